The quantitative estimate of drug-likeness (QED) is 0.895. The second kappa shape index (κ2) is 5.97. The zero-order valence-electron chi connectivity index (χ0n) is 11.9. The van der Waals surface area contributed by atoms with Crippen LogP contribution in [0.15, 0.2) is 30.6 Å². The van der Waals surface area contributed by atoms with Crippen LogP contribution in [0.3, 0.4) is 0 Å². The van der Waals surface area contributed by atoms with Crippen LogP contribution < -0.4 is 5.73 Å². The third-order valence-electron chi connectivity index (χ3n) is 3.20. The van der Waals surface area contributed by atoms with Gasteiger partial charge in [-0.05, 0) is 32.8 Å². The lowest BCUT2D eigenvalue weighted by Crippen LogP contribution is -2.27. The number of hydrogen-bond acceptors (Lipinski definition) is 3. The number of aryl methyl sites for hydroxylation is 1. The van der Waals surface area contributed by atoms with Crippen molar-refractivity contribution in [2.75, 3.05) is 0 Å². The Balaban J connectivity index is 1.99. The Morgan fingerprint density at radius 3 is 2.47 bits per heavy atom. The predicted octanol–water partition coefficient (Wildman–Crippen LogP) is 2.28. The van der Waals surface area contributed by atoms with Crippen LogP contribution in [-0.4, -0.2) is 20.8 Å². The lowest BCUT2D eigenvalue weighted by molar-refractivity contribution is 0.489. The standard InChI is InChI=1S/C15H22N4/c1-11(2)19-15(17-10-18-19)9-14(16)8-13-6-4-12(3)5-7-13/h4-7,10-11,14H,8-9,16H2,1-3H3. The van der Waals surface area contributed by atoms with E-state index in [0.29, 0.717) is 6.04 Å². The van der Waals surface area contributed by atoms with Gasteiger partial charge in [0, 0.05) is 18.5 Å². The monoisotopic (exact) mass is 258 g/mol. The zero-order chi connectivity index (χ0) is 13.8. The van der Waals surface area contributed by atoms with Crippen molar-refractivity contribution in [2.45, 2.75) is 45.7 Å². The smallest absolute Gasteiger partial charge is 0.138 e. The molecular weight excluding hydrogens is 236 g/mol. The average molecular weight is 258 g/mol. The first-order valence-corrected chi connectivity index (χ1v) is 6.75. The lowest BCUT2D eigenvalue weighted by atomic mass is 10.0. The normalized spacial score (nSPS) is 12.9. The Labute approximate surface area is 114 Å². The highest BCUT2D eigenvalue weighted by molar-refractivity contribution is 5.22. The maximum absolute atomic E-state index is 6.22. The summed E-state index contributed by atoms with van der Waals surface area (Å²) in [6.07, 6.45) is 3.23. The Kier molecular flexibility index (Phi) is 4.32. The molecule has 0 spiro atoms. The van der Waals surface area contributed by atoms with Gasteiger partial charge in [0.05, 0.1) is 0 Å². The molecule has 102 valence electrons. The molecule has 1 atom stereocenters. The third-order valence-corrected chi connectivity index (χ3v) is 3.20. The Morgan fingerprint density at radius 1 is 1.16 bits per heavy atom. The Hall–Kier alpha value is -1.68. The van der Waals surface area contributed by atoms with Gasteiger partial charge in [0.15, 0.2) is 0 Å². The number of rotatable bonds is 5. The van der Waals surface area contributed by atoms with Gasteiger partial charge >= 0.3 is 0 Å². The van der Waals surface area contributed by atoms with Gasteiger partial charge in [-0.3, -0.25) is 0 Å². The molecule has 0 saturated carbocycles. The summed E-state index contributed by atoms with van der Waals surface area (Å²) in [5.74, 6) is 0.967. The summed E-state index contributed by atoms with van der Waals surface area (Å²) in [6, 6.07) is 8.93. The fourth-order valence-electron chi connectivity index (χ4n) is 2.19. The molecule has 2 N–H and O–H groups in total. The van der Waals surface area contributed by atoms with E-state index in [9.17, 15) is 0 Å². The summed E-state index contributed by atoms with van der Waals surface area (Å²) >= 11 is 0. The molecule has 2 rings (SSSR count). The first kappa shape index (κ1) is 13.7. The Bertz CT molecular complexity index is 513. The molecule has 1 aromatic heterocycles. The maximum Gasteiger partial charge on any atom is 0.138 e. The summed E-state index contributed by atoms with van der Waals surface area (Å²) in [6.45, 7) is 6.29. The van der Waals surface area contributed by atoms with Crippen molar-refractivity contribution in [3.8, 4) is 0 Å². The molecule has 1 aromatic carbocycles. The number of nitrogens with two attached hydrogens (primary N) is 1. The van der Waals surface area contributed by atoms with Crippen molar-refractivity contribution in [1.29, 1.82) is 0 Å². The van der Waals surface area contributed by atoms with E-state index in [1.54, 1.807) is 6.33 Å². The van der Waals surface area contributed by atoms with Crippen molar-refractivity contribution in [3.63, 3.8) is 0 Å². The molecule has 2 aromatic rings. The van der Waals surface area contributed by atoms with Crippen LogP contribution in [0.25, 0.3) is 0 Å². The highest BCUT2D eigenvalue weighted by Crippen LogP contribution is 2.10. The van der Waals surface area contributed by atoms with Crippen molar-refractivity contribution >= 4 is 0 Å². The molecule has 0 aliphatic carbocycles. The van der Waals surface area contributed by atoms with E-state index in [-0.39, 0.29) is 6.04 Å². The van der Waals surface area contributed by atoms with E-state index in [1.807, 2.05) is 4.68 Å². The zero-order valence-corrected chi connectivity index (χ0v) is 11.9. The highest BCUT2D eigenvalue weighted by Gasteiger charge is 2.12. The Morgan fingerprint density at radius 2 is 1.84 bits per heavy atom. The molecule has 19 heavy (non-hydrogen) atoms. The molecule has 0 saturated heterocycles. The van der Waals surface area contributed by atoms with Crippen LogP contribution in [0.4, 0.5) is 0 Å². The molecule has 0 bridgehead atoms. The van der Waals surface area contributed by atoms with Crippen molar-refractivity contribution in [3.05, 3.63) is 47.5 Å². The van der Waals surface area contributed by atoms with Crippen molar-refractivity contribution in [2.24, 2.45) is 5.73 Å². The molecular formula is C15H22N4. The highest BCUT2D eigenvalue weighted by atomic mass is 15.3. The molecule has 1 unspecified atom stereocenters. The van der Waals surface area contributed by atoms with Gasteiger partial charge in [0.2, 0.25) is 0 Å². The molecule has 0 aliphatic rings. The summed E-state index contributed by atoms with van der Waals surface area (Å²) in [5, 5.41) is 4.24. The fourth-order valence-corrected chi connectivity index (χ4v) is 2.19. The summed E-state index contributed by atoms with van der Waals surface area (Å²) in [5.41, 5.74) is 8.77. The van der Waals surface area contributed by atoms with Crippen molar-refractivity contribution < 1.29 is 0 Å². The lowest BCUT2D eigenvalue weighted by Gasteiger charge is -2.14. The molecule has 0 fully saturated rings. The van der Waals surface area contributed by atoms with Crippen molar-refractivity contribution in [1.82, 2.24) is 14.8 Å². The second-order valence-electron chi connectivity index (χ2n) is 5.37. The van der Waals surface area contributed by atoms with Gasteiger partial charge in [0.25, 0.3) is 0 Å². The van der Waals surface area contributed by atoms with E-state index in [4.69, 9.17) is 5.73 Å². The van der Waals surface area contributed by atoms with E-state index in [1.165, 1.54) is 11.1 Å². The second-order valence-corrected chi connectivity index (χ2v) is 5.37. The van der Waals surface area contributed by atoms with Gasteiger partial charge in [-0.25, -0.2) is 9.67 Å². The van der Waals surface area contributed by atoms with Crippen LogP contribution in [0, 0.1) is 6.92 Å². The van der Waals surface area contributed by atoms with Gasteiger partial charge < -0.3 is 5.73 Å². The van der Waals surface area contributed by atoms with Gasteiger partial charge in [-0.1, -0.05) is 29.8 Å². The molecule has 0 aliphatic heterocycles. The molecule has 0 amide bonds. The van der Waals surface area contributed by atoms with Crippen LogP contribution >= 0.6 is 0 Å². The van der Waals surface area contributed by atoms with E-state index >= 15 is 0 Å². The van der Waals surface area contributed by atoms with Gasteiger partial charge in [0.1, 0.15) is 12.2 Å². The minimum atomic E-state index is 0.0735. The summed E-state index contributed by atoms with van der Waals surface area (Å²) < 4.78 is 1.94. The number of aromatic nitrogens is 3. The topological polar surface area (TPSA) is 56.7 Å². The van der Waals surface area contributed by atoms with Crippen LogP contribution in [0.5, 0.6) is 0 Å². The first-order chi connectivity index (χ1) is 9.06. The minimum Gasteiger partial charge on any atom is -0.327 e. The number of hydrogen-bond donors (Lipinski definition) is 1. The van der Waals surface area contributed by atoms with E-state index < -0.39 is 0 Å². The molecule has 1 heterocycles. The van der Waals surface area contributed by atoms with E-state index in [2.05, 4.69) is 55.1 Å². The summed E-state index contributed by atoms with van der Waals surface area (Å²) in [7, 11) is 0. The van der Waals surface area contributed by atoms with E-state index in [0.717, 1.165) is 18.7 Å². The minimum absolute atomic E-state index is 0.0735. The molecule has 0 radical (unpaired) electrons. The van der Waals surface area contributed by atoms with Crippen LogP contribution in [-0.2, 0) is 12.8 Å². The molecule has 4 nitrogen and oxygen atoms in total. The SMILES string of the molecule is Cc1ccc(CC(N)Cc2ncnn2C(C)C)cc1. The van der Waals surface area contributed by atoms with Crippen LogP contribution in [0.2, 0.25) is 0 Å². The summed E-state index contributed by atoms with van der Waals surface area (Å²) in [4.78, 5) is 4.31. The predicted molar refractivity (Wildman–Crippen MR) is 77.0 cm³/mol. The average Bonchev–Trinajstić information content (AvgIpc) is 2.80. The first-order valence-electron chi connectivity index (χ1n) is 6.75. The van der Waals surface area contributed by atoms with Crippen LogP contribution in [0.1, 0.15) is 36.8 Å². The third kappa shape index (κ3) is 3.64. The number of nitrogens with zero attached hydrogens (tertiary/aromatic N) is 3. The fraction of sp³-hybridized carbons (Fsp3) is 0.467. The molecule has 4 heteroatoms. The number of benzene rings is 1. The van der Waals surface area contributed by atoms with Gasteiger partial charge in [-0.2, -0.15) is 5.10 Å². The maximum atomic E-state index is 6.22. The largest absolute Gasteiger partial charge is 0.327 e. The van der Waals surface area contributed by atoms with Gasteiger partial charge in [-0.15, -0.1) is 0 Å².